The first-order chi connectivity index (χ1) is 13.6. The molecule has 2 aliphatic heterocycles. The van der Waals surface area contributed by atoms with E-state index in [0.717, 1.165) is 42.5 Å². The fraction of sp³-hybridized carbons (Fsp3) is 0.429. The minimum Gasteiger partial charge on any atom is -0.333 e. The summed E-state index contributed by atoms with van der Waals surface area (Å²) in [5.74, 6) is 0.604. The lowest BCUT2D eigenvalue weighted by Crippen LogP contribution is -2.46. The van der Waals surface area contributed by atoms with E-state index in [1.54, 1.807) is 12.7 Å². The SMILES string of the molecule is Cc1ccc(-n2cnnc2)c(C(=O)N2C3CCC2CC(c2ccnn2C)C3)c1. The van der Waals surface area contributed by atoms with Crippen LogP contribution in [0.25, 0.3) is 5.69 Å². The van der Waals surface area contributed by atoms with Gasteiger partial charge in [-0.25, -0.2) is 0 Å². The Morgan fingerprint density at radius 1 is 1.07 bits per heavy atom. The molecule has 2 atom stereocenters. The third-order valence-corrected chi connectivity index (χ3v) is 6.32. The number of benzene rings is 1. The summed E-state index contributed by atoms with van der Waals surface area (Å²) in [5, 5.41) is 12.1. The molecule has 4 heterocycles. The van der Waals surface area contributed by atoms with E-state index in [4.69, 9.17) is 0 Å². The summed E-state index contributed by atoms with van der Waals surface area (Å²) in [6.07, 6.45) is 9.34. The number of aryl methyl sites for hydroxylation is 2. The molecular weight excluding hydrogens is 352 g/mol. The highest BCUT2D eigenvalue weighted by atomic mass is 16.2. The number of carbonyl (C=O) groups is 1. The van der Waals surface area contributed by atoms with Gasteiger partial charge < -0.3 is 4.90 Å². The van der Waals surface area contributed by atoms with E-state index in [2.05, 4.69) is 26.3 Å². The Balaban J connectivity index is 1.46. The predicted octanol–water partition coefficient (Wildman–Crippen LogP) is 2.86. The van der Waals surface area contributed by atoms with Crippen LogP contribution in [0.4, 0.5) is 0 Å². The molecule has 144 valence electrons. The van der Waals surface area contributed by atoms with Crippen LogP contribution in [-0.4, -0.2) is 47.4 Å². The lowest BCUT2D eigenvalue weighted by Gasteiger charge is -2.39. The summed E-state index contributed by atoms with van der Waals surface area (Å²) in [7, 11) is 2.01. The minimum absolute atomic E-state index is 0.128. The topological polar surface area (TPSA) is 68.8 Å². The molecule has 2 saturated heterocycles. The zero-order valence-electron chi connectivity index (χ0n) is 16.2. The number of carbonyl (C=O) groups excluding carboxylic acids is 1. The fourth-order valence-corrected chi connectivity index (χ4v) is 5.05. The standard InChI is InChI=1S/C21H24N6O/c1-14-3-6-20(26-12-22-23-13-26)18(9-14)21(28)27-16-4-5-17(27)11-15(10-16)19-7-8-24-25(19)2/h3,6-9,12-13,15-17H,4-5,10-11H2,1-2H3. The van der Waals surface area contributed by atoms with Crippen molar-refractivity contribution in [3.63, 3.8) is 0 Å². The van der Waals surface area contributed by atoms with Gasteiger partial charge in [-0.15, -0.1) is 10.2 Å². The summed E-state index contributed by atoms with van der Waals surface area (Å²) in [6, 6.07) is 8.70. The molecule has 7 heteroatoms. The van der Waals surface area contributed by atoms with Crippen LogP contribution in [-0.2, 0) is 7.05 Å². The normalized spacial score (nSPS) is 23.9. The van der Waals surface area contributed by atoms with Crippen molar-refractivity contribution in [3.8, 4) is 5.69 Å². The highest BCUT2D eigenvalue weighted by Crippen LogP contribution is 2.43. The van der Waals surface area contributed by atoms with Crippen LogP contribution >= 0.6 is 0 Å². The van der Waals surface area contributed by atoms with E-state index < -0.39 is 0 Å². The van der Waals surface area contributed by atoms with Gasteiger partial charge in [0, 0.05) is 36.9 Å². The summed E-state index contributed by atoms with van der Waals surface area (Å²) < 4.78 is 3.79. The molecule has 0 aliphatic carbocycles. The van der Waals surface area contributed by atoms with Crippen LogP contribution in [0, 0.1) is 6.92 Å². The molecule has 0 radical (unpaired) electrons. The Labute approximate surface area is 164 Å². The van der Waals surface area contributed by atoms with Gasteiger partial charge in [0.2, 0.25) is 0 Å². The fourth-order valence-electron chi connectivity index (χ4n) is 5.05. The zero-order valence-corrected chi connectivity index (χ0v) is 16.2. The Morgan fingerprint density at radius 3 is 2.43 bits per heavy atom. The maximum Gasteiger partial charge on any atom is 0.256 e. The molecule has 2 fully saturated rings. The molecule has 0 saturated carbocycles. The van der Waals surface area contributed by atoms with E-state index in [9.17, 15) is 4.79 Å². The number of aromatic nitrogens is 5. The second kappa shape index (κ2) is 6.58. The lowest BCUT2D eigenvalue weighted by atomic mass is 9.87. The van der Waals surface area contributed by atoms with Crippen LogP contribution in [0.1, 0.15) is 53.2 Å². The average molecular weight is 376 g/mol. The molecule has 0 N–H and O–H groups in total. The summed E-state index contributed by atoms with van der Waals surface area (Å²) >= 11 is 0. The predicted molar refractivity (Wildman–Crippen MR) is 104 cm³/mol. The Hall–Kier alpha value is -2.96. The van der Waals surface area contributed by atoms with Crippen molar-refractivity contribution in [2.24, 2.45) is 7.05 Å². The van der Waals surface area contributed by atoms with E-state index >= 15 is 0 Å². The second-order valence-corrected chi connectivity index (χ2v) is 8.04. The maximum absolute atomic E-state index is 13.6. The van der Waals surface area contributed by atoms with Crippen molar-refractivity contribution < 1.29 is 4.79 Å². The van der Waals surface area contributed by atoms with Gasteiger partial charge in [0.25, 0.3) is 5.91 Å². The minimum atomic E-state index is 0.128. The number of hydrogen-bond acceptors (Lipinski definition) is 4. The van der Waals surface area contributed by atoms with Crippen molar-refractivity contribution in [1.82, 2.24) is 29.4 Å². The van der Waals surface area contributed by atoms with E-state index in [-0.39, 0.29) is 5.91 Å². The van der Waals surface area contributed by atoms with Crippen LogP contribution in [0.3, 0.4) is 0 Å². The molecule has 2 aromatic heterocycles. The maximum atomic E-state index is 13.6. The first-order valence-corrected chi connectivity index (χ1v) is 9.88. The van der Waals surface area contributed by atoms with Crippen LogP contribution in [0.2, 0.25) is 0 Å². The molecule has 1 amide bonds. The number of nitrogens with zero attached hydrogens (tertiary/aromatic N) is 6. The number of fused-ring (bicyclic) bond motifs is 2. The summed E-state index contributed by atoms with van der Waals surface area (Å²) in [4.78, 5) is 15.8. The largest absolute Gasteiger partial charge is 0.333 e. The average Bonchev–Trinajstić information content (AvgIpc) is 3.41. The van der Waals surface area contributed by atoms with Gasteiger partial charge in [-0.2, -0.15) is 5.10 Å². The number of amides is 1. The van der Waals surface area contributed by atoms with Gasteiger partial charge in [0.1, 0.15) is 12.7 Å². The van der Waals surface area contributed by atoms with Gasteiger partial charge in [-0.1, -0.05) is 11.6 Å². The summed E-state index contributed by atoms with van der Waals surface area (Å²) in [5.41, 5.74) is 3.94. The lowest BCUT2D eigenvalue weighted by molar-refractivity contribution is 0.0568. The Kier molecular flexibility index (Phi) is 4.03. The van der Waals surface area contributed by atoms with Crippen LogP contribution in [0.15, 0.2) is 43.1 Å². The van der Waals surface area contributed by atoms with Crippen molar-refractivity contribution in [2.45, 2.75) is 50.6 Å². The van der Waals surface area contributed by atoms with Crippen molar-refractivity contribution >= 4 is 5.91 Å². The van der Waals surface area contributed by atoms with Gasteiger partial charge in [-0.3, -0.25) is 14.0 Å². The highest BCUT2D eigenvalue weighted by molar-refractivity contribution is 5.98. The van der Waals surface area contributed by atoms with E-state index in [1.165, 1.54) is 5.69 Å². The van der Waals surface area contributed by atoms with Crippen molar-refractivity contribution in [2.75, 3.05) is 0 Å². The molecule has 2 bridgehead atoms. The Morgan fingerprint density at radius 2 is 1.79 bits per heavy atom. The summed E-state index contributed by atoms with van der Waals surface area (Å²) in [6.45, 7) is 2.02. The first-order valence-electron chi connectivity index (χ1n) is 9.88. The third-order valence-electron chi connectivity index (χ3n) is 6.32. The highest BCUT2D eigenvalue weighted by Gasteiger charge is 2.44. The van der Waals surface area contributed by atoms with Crippen LogP contribution in [0.5, 0.6) is 0 Å². The molecule has 0 spiro atoms. The monoisotopic (exact) mass is 376 g/mol. The smallest absolute Gasteiger partial charge is 0.256 e. The third kappa shape index (κ3) is 2.73. The van der Waals surface area contributed by atoms with Gasteiger partial charge in [0.05, 0.1) is 11.3 Å². The van der Waals surface area contributed by atoms with Gasteiger partial charge >= 0.3 is 0 Å². The quantitative estimate of drug-likeness (QED) is 0.705. The Bertz CT molecular complexity index is 994. The molecule has 7 nitrogen and oxygen atoms in total. The molecule has 28 heavy (non-hydrogen) atoms. The van der Waals surface area contributed by atoms with Crippen molar-refractivity contribution in [3.05, 3.63) is 59.9 Å². The number of piperidine rings is 1. The number of hydrogen-bond donors (Lipinski definition) is 0. The molecule has 2 unspecified atom stereocenters. The van der Waals surface area contributed by atoms with Crippen molar-refractivity contribution in [1.29, 1.82) is 0 Å². The van der Waals surface area contributed by atoms with Gasteiger partial charge in [0.15, 0.2) is 0 Å². The molecule has 3 aromatic rings. The molecule has 1 aromatic carbocycles. The second-order valence-electron chi connectivity index (χ2n) is 8.04. The molecule has 2 aliphatic rings. The number of rotatable bonds is 3. The zero-order chi connectivity index (χ0) is 19.3. The first kappa shape index (κ1) is 17.2. The van der Waals surface area contributed by atoms with Crippen LogP contribution < -0.4 is 0 Å². The van der Waals surface area contributed by atoms with E-state index in [1.807, 2.05) is 47.6 Å². The molecule has 5 rings (SSSR count). The van der Waals surface area contributed by atoms with E-state index in [0.29, 0.717) is 18.0 Å². The van der Waals surface area contributed by atoms with Gasteiger partial charge in [-0.05, 0) is 50.8 Å². The molecular formula is C21H24N6O.